The number of halogens is 1. The van der Waals surface area contributed by atoms with E-state index in [2.05, 4.69) is 5.32 Å². The molecule has 1 aliphatic rings. The molecule has 1 fully saturated rings. The maximum Gasteiger partial charge on any atom is 0.251 e. The molecule has 2 unspecified atom stereocenters. The van der Waals surface area contributed by atoms with Crippen molar-refractivity contribution >= 4 is 29.3 Å². The van der Waals surface area contributed by atoms with Crippen LogP contribution in [0.15, 0.2) is 24.3 Å². The van der Waals surface area contributed by atoms with Crippen molar-refractivity contribution in [2.24, 2.45) is 5.92 Å². The fraction of sp³-hybridized carbons (Fsp3) is 0.526. The van der Waals surface area contributed by atoms with E-state index in [9.17, 15) is 14.4 Å². The summed E-state index contributed by atoms with van der Waals surface area (Å²) in [6.07, 6.45) is 0.769. The fourth-order valence-electron chi connectivity index (χ4n) is 2.95. The van der Waals surface area contributed by atoms with Crippen LogP contribution in [0.5, 0.6) is 0 Å². The van der Waals surface area contributed by atoms with Gasteiger partial charge in [0.2, 0.25) is 11.8 Å². The molecular formula is C19H26ClN3O3. The number of hydrogen-bond donors (Lipinski definition) is 1. The largest absolute Gasteiger partial charge is 0.340 e. The minimum Gasteiger partial charge on any atom is -0.340 e. The van der Waals surface area contributed by atoms with Crippen LogP contribution in [0.3, 0.4) is 0 Å². The molecule has 0 radical (unpaired) electrons. The molecular weight excluding hydrogens is 354 g/mol. The van der Waals surface area contributed by atoms with E-state index in [1.165, 1.54) is 6.92 Å². The van der Waals surface area contributed by atoms with Gasteiger partial charge in [-0.3, -0.25) is 14.4 Å². The summed E-state index contributed by atoms with van der Waals surface area (Å²) in [4.78, 5) is 40.4. The maximum atomic E-state index is 13.0. The molecule has 1 N–H and O–H groups in total. The Balaban J connectivity index is 2.07. The summed E-state index contributed by atoms with van der Waals surface area (Å²) in [5, 5.41) is 3.44. The van der Waals surface area contributed by atoms with E-state index in [0.717, 1.165) is 6.42 Å². The first-order valence-electron chi connectivity index (χ1n) is 8.94. The van der Waals surface area contributed by atoms with E-state index in [4.69, 9.17) is 11.6 Å². The topological polar surface area (TPSA) is 69.7 Å². The molecule has 1 aromatic rings. The molecule has 1 heterocycles. The number of amides is 3. The molecule has 3 amide bonds. The highest BCUT2D eigenvalue weighted by atomic mass is 35.5. The van der Waals surface area contributed by atoms with Crippen molar-refractivity contribution in [3.63, 3.8) is 0 Å². The Hall–Kier alpha value is -2.08. The quantitative estimate of drug-likeness (QED) is 0.852. The van der Waals surface area contributed by atoms with Gasteiger partial charge in [-0.05, 0) is 30.2 Å². The highest BCUT2D eigenvalue weighted by molar-refractivity contribution is 6.30. The van der Waals surface area contributed by atoms with Gasteiger partial charge in [0.15, 0.2) is 0 Å². The predicted octanol–water partition coefficient (Wildman–Crippen LogP) is 2.18. The van der Waals surface area contributed by atoms with Gasteiger partial charge in [0.05, 0.1) is 0 Å². The third-order valence-corrected chi connectivity index (χ3v) is 5.16. The van der Waals surface area contributed by atoms with Gasteiger partial charge in [0, 0.05) is 43.7 Å². The second-order valence-electron chi connectivity index (χ2n) is 6.67. The zero-order chi connectivity index (χ0) is 19.3. The normalized spacial score (nSPS) is 16.8. The smallest absolute Gasteiger partial charge is 0.251 e. The molecule has 1 aromatic carbocycles. The molecule has 0 aromatic heterocycles. The van der Waals surface area contributed by atoms with Crippen LogP contribution in [0.4, 0.5) is 0 Å². The molecule has 1 aliphatic heterocycles. The average molecular weight is 380 g/mol. The first kappa shape index (κ1) is 20.2. The molecule has 26 heavy (non-hydrogen) atoms. The van der Waals surface area contributed by atoms with Crippen molar-refractivity contribution in [2.45, 2.75) is 33.2 Å². The summed E-state index contributed by atoms with van der Waals surface area (Å²) < 4.78 is 0. The second kappa shape index (κ2) is 9.03. The molecule has 7 heteroatoms. The Labute approximate surface area is 159 Å². The number of piperazine rings is 1. The summed E-state index contributed by atoms with van der Waals surface area (Å²) in [6.45, 7) is 7.51. The number of carbonyl (C=O) groups excluding carboxylic acids is 3. The minimum atomic E-state index is -0.591. The lowest BCUT2D eigenvalue weighted by atomic mass is 9.97. The van der Waals surface area contributed by atoms with E-state index >= 15 is 0 Å². The van der Waals surface area contributed by atoms with Crippen molar-refractivity contribution in [2.75, 3.05) is 26.2 Å². The number of rotatable bonds is 5. The molecule has 2 rings (SSSR count). The number of nitrogens with one attached hydrogen (secondary N) is 1. The lowest BCUT2D eigenvalue weighted by Crippen LogP contribution is -2.57. The third-order valence-electron chi connectivity index (χ3n) is 4.91. The first-order chi connectivity index (χ1) is 12.3. The van der Waals surface area contributed by atoms with Gasteiger partial charge in [0.25, 0.3) is 5.91 Å². The molecule has 0 bridgehead atoms. The average Bonchev–Trinajstić information content (AvgIpc) is 2.65. The molecule has 0 saturated carbocycles. The highest BCUT2D eigenvalue weighted by Crippen LogP contribution is 2.15. The minimum absolute atomic E-state index is 0.00425. The van der Waals surface area contributed by atoms with Crippen molar-refractivity contribution < 1.29 is 14.4 Å². The van der Waals surface area contributed by atoms with Gasteiger partial charge in [-0.25, -0.2) is 0 Å². The van der Waals surface area contributed by atoms with Crippen molar-refractivity contribution in [3.8, 4) is 0 Å². The Morgan fingerprint density at radius 1 is 1.08 bits per heavy atom. The first-order valence-corrected chi connectivity index (χ1v) is 9.32. The summed E-state index contributed by atoms with van der Waals surface area (Å²) in [5.74, 6) is -0.358. The predicted molar refractivity (Wildman–Crippen MR) is 101 cm³/mol. The van der Waals surface area contributed by atoms with Crippen LogP contribution in [0.25, 0.3) is 0 Å². The molecule has 142 valence electrons. The van der Waals surface area contributed by atoms with Crippen LogP contribution < -0.4 is 5.32 Å². The standard InChI is InChI=1S/C19H26ClN3O3/c1-4-13(2)17(21-18(25)15-5-7-16(20)8-6-15)19(26)23-11-9-22(10-12-23)14(3)24/h5-8,13,17H,4,9-12H2,1-3H3,(H,21,25). The maximum absolute atomic E-state index is 13.0. The molecule has 6 nitrogen and oxygen atoms in total. The monoisotopic (exact) mass is 379 g/mol. The Bertz CT molecular complexity index is 654. The number of benzene rings is 1. The van der Waals surface area contributed by atoms with Gasteiger partial charge >= 0.3 is 0 Å². The summed E-state index contributed by atoms with van der Waals surface area (Å²) in [6, 6.07) is 5.99. The van der Waals surface area contributed by atoms with Crippen LogP contribution in [0.2, 0.25) is 5.02 Å². The SMILES string of the molecule is CCC(C)C(NC(=O)c1ccc(Cl)cc1)C(=O)N1CCN(C(C)=O)CC1. The van der Waals surface area contributed by atoms with Crippen LogP contribution >= 0.6 is 11.6 Å². The molecule has 1 saturated heterocycles. The third kappa shape index (κ3) is 4.97. The van der Waals surface area contributed by atoms with E-state index in [-0.39, 0.29) is 23.6 Å². The van der Waals surface area contributed by atoms with E-state index < -0.39 is 6.04 Å². The van der Waals surface area contributed by atoms with Gasteiger partial charge in [-0.15, -0.1) is 0 Å². The van der Waals surface area contributed by atoms with Crippen LogP contribution in [0.1, 0.15) is 37.6 Å². The van der Waals surface area contributed by atoms with Crippen molar-refractivity contribution in [3.05, 3.63) is 34.9 Å². The molecule has 0 spiro atoms. The lowest BCUT2D eigenvalue weighted by Gasteiger charge is -2.37. The van der Waals surface area contributed by atoms with Crippen molar-refractivity contribution in [1.29, 1.82) is 0 Å². The Morgan fingerprint density at radius 3 is 2.12 bits per heavy atom. The zero-order valence-electron chi connectivity index (χ0n) is 15.5. The second-order valence-corrected chi connectivity index (χ2v) is 7.11. The van der Waals surface area contributed by atoms with Gasteiger partial charge in [0.1, 0.15) is 6.04 Å². The number of nitrogens with zero attached hydrogens (tertiary/aromatic N) is 2. The number of hydrogen-bond acceptors (Lipinski definition) is 3. The Kier molecular flexibility index (Phi) is 7.03. The van der Waals surface area contributed by atoms with Gasteiger partial charge in [-0.2, -0.15) is 0 Å². The lowest BCUT2D eigenvalue weighted by molar-refractivity contribution is -0.140. The molecule has 2 atom stereocenters. The highest BCUT2D eigenvalue weighted by Gasteiger charge is 2.32. The van der Waals surface area contributed by atoms with E-state index in [1.54, 1.807) is 34.1 Å². The summed E-state index contributed by atoms with van der Waals surface area (Å²) >= 11 is 5.86. The van der Waals surface area contributed by atoms with Crippen LogP contribution in [-0.2, 0) is 9.59 Å². The van der Waals surface area contributed by atoms with Crippen molar-refractivity contribution in [1.82, 2.24) is 15.1 Å². The van der Waals surface area contributed by atoms with Gasteiger partial charge in [-0.1, -0.05) is 31.9 Å². The summed E-state index contributed by atoms with van der Waals surface area (Å²) in [5.41, 5.74) is 0.469. The van der Waals surface area contributed by atoms with E-state index in [0.29, 0.717) is 36.8 Å². The fourth-order valence-corrected chi connectivity index (χ4v) is 3.07. The Morgan fingerprint density at radius 2 is 1.62 bits per heavy atom. The van der Waals surface area contributed by atoms with Crippen LogP contribution in [0, 0.1) is 5.92 Å². The van der Waals surface area contributed by atoms with E-state index in [1.807, 2.05) is 13.8 Å². The summed E-state index contributed by atoms with van der Waals surface area (Å²) in [7, 11) is 0. The number of carbonyl (C=O) groups is 3. The van der Waals surface area contributed by atoms with Crippen LogP contribution in [-0.4, -0.2) is 59.7 Å². The molecule has 0 aliphatic carbocycles. The van der Waals surface area contributed by atoms with Gasteiger partial charge < -0.3 is 15.1 Å². The zero-order valence-corrected chi connectivity index (χ0v) is 16.3.